The zero-order valence-corrected chi connectivity index (χ0v) is 22.3. The zero-order valence-electron chi connectivity index (χ0n) is 21.6. The Labute approximate surface area is 220 Å². The minimum Gasteiger partial charge on any atom is -0.349 e. The number of anilines is 1. The number of rotatable bonds is 5. The topological polar surface area (TPSA) is 82.8 Å². The van der Waals surface area contributed by atoms with Crippen molar-refractivity contribution in [1.29, 1.82) is 0 Å². The summed E-state index contributed by atoms with van der Waals surface area (Å²) in [7, 11) is 4.03. The summed E-state index contributed by atoms with van der Waals surface area (Å²) in [4.78, 5) is 34.9. The smallest absolute Gasteiger partial charge is 0.256 e. The Balaban J connectivity index is 1.25. The third-order valence-corrected chi connectivity index (χ3v) is 8.57. The van der Waals surface area contributed by atoms with Gasteiger partial charge in [-0.2, -0.15) is 5.10 Å². The Kier molecular flexibility index (Phi) is 6.70. The van der Waals surface area contributed by atoms with Crippen molar-refractivity contribution >= 4 is 34.7 Å². The molecule has 2 aliphatic rings. The number of carbonyl (C=O) groups is 2. The van der Waals surface area contributed by atoms with Crippen molar-refractivity contribution in [2.45, 2.75) is 58.0 Å². The van der Waals surface area contributed by atoms with Gasteiger partial charge in [-0.1, -0.05) is 11.6 Å². The molecule has 10 heteroatoms. The van der Waals surface area contributed by atoms with Crippen LogP contribution in [0.3, 0.4) is 0 Å². The monoisotopic (exact) mass is 526 g/mol. The summed E-state index contributed by atoms with van der Waals surface area (Å²) >= 11 is 6.23. The lowest BCUT2D eigenvalue weighted by Crippen LogP contribution is -2.44. The number of carbonyl (C=O) groups excluding carboxylic acids is 2. The van der Waals surface area contributed by atoms with E-state index in [1.165, 1.54) is 12.1 Å². The summed E-state index contributed by atoms with van der Waals surface area (Å²) in [5.41, 5.74) is 3.09. The molecule has 1 atom stereocenters. The van der Waals surface area contributed by atoms with Gasteiger partial charge >= 0.3 is 0 Å². The van der Waals surface area contributed by atoms with Crippen LogP contribution in [-0.2, 0) is 4.79 Å². The Hall–Kier alpha value is -3.04. The summed E-state index contributed by atoms with van der Waals surface area (Å²) in [6.45, 7) is 4.65. The quantitative estimate of drug-likeness (QED) is 0.527. The summed E-state index contributed by atoms with van der Waals surface area (Å²) in [5.74, 6) is -0.587. The fourth-order valence-electron chi connectivity index (χ4n) is 5.70. The fourth-order valence-corrected chi connectivity index (χ4v) is 5.97. The SMILES string of the molecule is Cc1c([C@H](C)N(C)C)cnc2c(C(=O)NC3CCC4(CC3)CCN(c3ccc(F)cc3Cl)C4=O)cnn12. The van der Waals surface area contributed by atoms with Gasteiger partial charge in [-0.25, -0.2) is 13.9 Å². The Morgan fingerprint density at radius 1 is 1.24 bits per heavy atom. The van der Waals surface area contributed by atoms with Crippen molar-refractivity contribution in [1.82, 2.24) is 24.8 Å². The third-order valence-electron chi connectivity index (χ3n) is 8.27. The molecule has 1 aliphatic heterocycles. The van der Waals surface area contributed by atoms with Gasteiger partial charge in [0.25, 0.3) is 5.91 Å². The van der Waals surface area contributed by atoms with Gasteiger partial charge < -0.3 is 15.1 Å². The van der Waals surface area contributed by atoms with Crippen LogP contribution in [0.15, 0.2) is 30.6 Å². The summed E-state index contributed by atoms with van der Waals surface area (Å²) in [5, 5.41) is 7.82. The number of nitrogens with zero attached hydrogens (tertiary/aromatic N) is 5. The van der Waals surface area contributed by atoms with Crippen LogP contribution < -0.4 is 10.2 Å². The second kappa shape index (κ2) is 9.68. The van der Waals surface area contributed by atoms with Gasteiger partial charge in [0.2, 0.25) is 5.91 Å². The van der Waals surface area contributed by atoms with E-state index >= 15 is 0 Å². The van der Waals surface area contributed by atoms with E-state index in [9.17, 15) is 14.0 Å². The minimum absolute atomic E-state index is 0.0292. The first-order valence-corrected chi connectivity index (χ1v) is 13.1. The van der Waals surface area contributed by atoms with Gasteiger partial charge in [0.05, 0.1) is 22.3 Å². The van der Waals surface area contributed by atoms with Crippen molar-refractivity contribution in [3.8, 4) is 0 Å². The lowest BCUT2D eigenvalue weighted by Gasteiger charge is -2.36. The molecular formula is C27H32ClFN6O2. The molecule has 37 heavy (non-hydrogen) atoms. The Morgan fingerprint density at radius 3 is 2.65 bits per heavy atom. The van der Waals surface area contributed by atoms with E-state index < -0.39 is 11.2 Å². The highest BCUT2D eigenvalue weighted by Gasteiger charge is 2.49. The van der Waals surface area contributed by atoms with Crippen LogP contribution in [0.4, 0.5) is 10.1 Å². The number of amides is 2. The number of hydrogen-bond donors (Lipinski definition) is 1. The van der Waals surface area contributed by atoms with E-state index in [1.54, 1.807) is 21.7 Å². The number of benzene rings is 1. The lowest BCUT2D eigenvalue weighted by atomic mass is 9.71. The molecule has 3 heterocycles. The third kappa shape index (κ3) is 4.48. The maximum absolute atomic E-state index is 13.5. The predicted molar refractivity (Wildman–Crippen MR) is 140 cm³/mol. The van der Waals surface area contributed by atoms with Crippen molar-refractivity contribution < 1.29 is 14.0 Å². The van der Waals surface area contributed by atoms with Crippen LogP contribution in [0, 0.1) is 18.2 Å². The first-order valence-electron chi connectivity index (χ1n) is 12.7. The maximum atomic E-state index is 13.5. The number of fused-ring (bicyclic) bond motifs is 1. The number of aryl methyl sites for hydroxylation is 1. The number of aromatic nitrogens is 3. The molecule has 0 radical (unpaired) electrons. The van der Waals surface area contributed by atoms with Crippen LogP contribution in [0.5, 0.6) is 0 Å². The standard InChI is InChI=1S/C27H32ClFN6O2/c1-16(33(3)4)20-14-30-24-21(15-31-35(24)17(20)2)25(36)32-19-7-9-27(10-8-19)11-12-34(26(27)37)23-6-5-18(29)13-22(23)28/h5-6,13-16,19H,7-12H2,1-4H3,(H,32,36)/t16-,19?,27?/m0/s1. The van der Waals surface area contributed by atoms with Crippen LogP contribution in [0.25, 0.3) is 5.65 Å². The molecule has 5 rings (SSSR count). The summed E-state index contributed by atoms with van der Waals surface area (Å²) in [6, 6.07) is 4.27. The molecule has 1 spiro atoms. The maximum Gasteiger partial charge on any atom is 0.256 e. The Bertz CT molecular complexity index is 1360. The molecular weight excluding hydrogens is 495 g/mol. The largest absolute Gasteiger partial charge is 0.349 e. The van der Waals surface area contributed by atoms with E-state index in [4.69, 9.17) is 11.6 Å². The summed E-state index contributed by atoms with van der Waals surface area (Å²) < 4.78 is 15.2. The van der Waals surface area contributed by atoms with Crippen molar-refractivity contribution in [3.63, 3.8) is 0 Å². The predicted octanol–water partition coefficient (Wildman–Crippen LogP) is 4.55. The molecule has 1 aliphatic carbocycles. The fraction of sp³-hybridized carbons (Fsp3) is 0.481. The lowest BCUT2D eigenvalue weighted by molar-refractivity contribution is -0.127. The Morgan fingerprint density at radius 2 is 1.97 bits per heavy atom. The average Bonchev–Trinajstić information content (AvgIpc) is 3.43. The second-order valence-electron chi connectivity index (χ2n) is 10.6. The molecule has 0 bridgehead atoms. The van der Waals surface area contributed by atoms with E-state index in [-0.39, 0.29) is 28.9 Å². The number of hydrogen-bond acceptors (Lipinski definition) is 5. The molecule has 2 fully saturated rings. The van der Waals surface area contributed by atoms with Gasteiger partial charge in [-0.05, 0) is 78.2 Å². The van der Waals surface area contributed by atoms with Gasteiger partial charge in [-0.3, -0.25) is 9.59 Å². The van der Waals surface area contributed by atoms with E-state index in [1.807, 2.05) is 27.2 Å². The molecule has 3 aromatic rings. The van der Waals surface area contributed by atoms with Crippen LogP contribution in [0.2, 0.25) is 5.02 Å². The molecule has 2 aromatic heterocycles. The van der Waals surface area contributed by atoms with E-state index in [0.717, 1.165) is 17.7 Å². The van der Waals surface area contributed by atoms with Gasteiger partial charge in [0, 0.05) is 36.1 Å². The first-order chi connectivity index (χ1) is 17.6. The van der Waals surface area contributed by atoms with Gasteiger partial charge in [0.1, 0.15) is 11.4 Å². The van der Waals surface area contributed by atoms with E-state index in [2.05, 4.69) is 27.2 Å². The highest BCUT2D eigenvalue weighted by atomic mass is 35.5. The van der Waals surface area contributed by atoms with Crippen molar-refractivity contribution in [3.05, 3.63) is 58.3 Å². The second-order valence-corrected chi connectivity index (χ2v) is 11.0. The summed E-state index contributed by atoms with van der Waals surface area (Å²) in [6.07, 6.45) is 6.91. The number of nitrogens with one attached hydrogen (secondary N) is 1. The molecule has 1 saturated heterocycles. The van der Waals surface area contributed by atoms with Gasteiger partial charge in [-0.15, -0.1) is 0 Å². The normalized spacial score (nSPS) is 22.8. The van der Waals surface area contributed by atoms with E-state index in [0.29, 0.717) is 49.1 Å². The van der Waals surface area contributed by atoms with Crippen LogP contribution >= 0.6 is 11.6 Å². The molecule has 1 N–H and O–H groups in total. The minimum atomic E-state index is -0.457. The zero-order chi connectivity index (χ0) is 26.5. The first kappa shape index (κ1) is 25.6. The molecule has 196 valence electrons. The molecule has 2 amide bonds. The van der Waals surface area contributed by atoms with Crippen LogP contribution in [-0.4, -0.2) is 58.0 Å². The highest BCUT2D eigenvalue weighted by molar-refractivity contribution is 6.34. The molecule has 1 saturated carbocycles. The average molecular weight is 527 g/mol. The molecule has 8 nitrogen and oxygen atoms in total. The van der Waals surface area contributed by atoms with Crippen LogP contribution in [0.1, 0.15) is 66.7 Å². The molecule has 0 unspecified atom stereocenters. The van der Waals surface area contributed by atoms with Gasteiger partial charge in [0.15, 0.2) is 5.65 Å². The molecule has 1 aromatic carbocycles. The van der Waals surface area contributed by atoms with Crippen molar-refractivity contribution in [2.75, 3.05) is 25.5 Å². The highest BCUT2D eigenvalue weighted by Crippen LogP contribution is 2.47. The van der Waals surface area contributed by atoms with Crippen molar-refractivity contribution in [2.24, 2.45) is 5.41 Å². The number of halogens is 2.